The zero-order valence-electron chi connectivity index (χ0n) is 21.9. The first-order chi connectivity index (χ1) is 19.8. The van der Waals surface area contributed by atoms with Crippen LogP contribution in [0.5, 0.6) is 0 Å². The Balaban J connectivity index is 1.44. The Morgan fingerprint density at radius 3 is 2.27 bits per heavy atom. The van der Waals surface area contributed by atoms with Gasteiger partial charge < -0.3 is 21.1 Å². The van der Waals surface area contributed by atoms with Gasteiger partial charge in [0.2, 0.25) is 5.91 Å². The predicted molar refractivity (Wildman–Crippen MR) is 159 cm³/mol. The number of carbonyl (C=O) groups is 4. The molecule has 4 rings (SSSR count). The Labute approximate surface area is 240 Å². The normalized spacial score (nSPS) is 11.7. The third-order valence-corrected chi connectivity index (χ3v) is 6.79. The summed E-state index contributed by atoms with van der Waals surface area (Å²) in [4.78, 5) is 54.6. The topological polar surface area (TPSA) is 137 Å². The number of anilines is 2. The van der Waals surface area contributed by atoms with Crippen LogP contribution in [-0.4, -0.2) is 39.0 Å². The maximum atomic E-state index is 13.3. The summed E-state index contributed by atoms with van der Waals surface area (Å²) < 4.78 is 0. The van der Waals surface area contributed by atoms with Crippen molar-refractivity contribution >= 4 is 52.9 Å². The van der Waals surface area contributed by atoms with E-state index in [0.717, 1.165) is 4.90 Å². The minimum atomic E-state index is -1.04. The number of nitrogens with one attached hydrogen (secondary N) is 3. The fourth-order valence-corrected chi connectivity index (χ4v) is 4.54. The van der Waals surface area contributed by atoms with E-state index in [1.165, 1.54) is 42.1 Å². The Morgan fingerprint density at radius 2 is 1.59 bits per heavy atom. The number of aromatic nitrogens is 1. The van der Waals surface area contributed by atoms with Crippen molar-refractivity contribution in [1.82, 2.24) is 10.3 Å². The van der Waals surface area contributed by atoms with E-state index < -0.39 is 23.0 Å². The van der Waals surface area contributed by atoms with Gasteiger partial charge in [-0.15, -0.1) is 11.8 Å². The lowest BCUT2D eigenvalue weighted by atomic mass is 10.2. The Bertz CT molecular complexity index is 1580. The van der Waals surface area contributed by atoms with Gasteiger partial charge in [0.1, 0.15) is 5.70 Å². The van der Waals surface area contributed by atoms with Crippen molar-refractivity contribution in [2.24, 2.45) is 0 Å². The maximum absolute atomic E-state index is 13.3. The average molecular weight is 567 g/mol. The average Bonchev–Trinajstić information content (AvgIpc) is 2.98. The van der Waals surface area contributed by atoms with Crippen molar-refractivity contribution in [3.63, 3.8) is 0 Å². The van der Waals surface area contributed by atoms with E-state index in [0.29, 0.717) is 22.5 Å². The van der Waals surface area contributed by atoms with E-state index in [-0.39, 0.29) is 17.2 Å². The standard InChI is InChI=1S/C31H26N4O5S/c1-20(28(36)33-24-14-12-23(13-15-24)31(39)40)41-26-11-5-10-25(18-26)34-30(38)27(17-21-7-6-16-32-19-21)35-29(37)22-8-3-2-4-9-22/h2-20H,1H3,(H,33,36)(H,34,38)(H,35,37)(H,39,40)/b27-17-. The molecule has 206 valence electrons. The maximum Gasteiger partial charge on any atom is 0.335 e. The third kappa shape index (κ3) is 8.38. The lowest BCUT2D eigenvalue weighted by Crippen LogP contribution is -2.30. The molecule has 0 saturated carbocycles. The van der Waals surface area contributed by atoms with E-state index in [2.05, 4.69) is 20.9 Å². The van der Waals surface area contributed by atoms with Crippen molar-refractivity contribution in [2.75, 3.05) is 10.6 Å². The van der Waals surface area contributed by atoms with Crippen molar-refractivity contribution < 1.29 is 24.3 Å². The highest BCUT2D eigenvalue weighted by atomic mass is 32.2. The Kier molecular flexibility index (Phi) is 9.63. The number of pyridine rings is 1. The first-order valence-electron chi connectivity index (χ1n) is 12.5. The van der Waals surface area contributed by atoms with Gasteiger partial charge in [0.15, 0.2) is 0 Å². The summed E-state index contributed by atoms with van der Waals surface area (Å²) >= 11 is 1.29. The monoisotopic (exact) mass is 566 g/mol. The molecule has 9 nitrogen and oxygen atoms in total. The first-order valence-corrected chi connectivity index (χ1v) is 13.4. The molecule has 4 aromatic rings. The highest BCUT2D eigenvalue weighted by Crippen LogP contribution is 2.27. The molecular formula is C31H26N4O5S. The number of hydrogen-bond acceptors (Lipinski definition) is 6. The van der Waals surface area contributed by atoms with E-state index in [9.17, 15) is 19.2 Å². The molecule has 0 bridgehead atoms. The van der Waals surface area contributed by atoms with Crippen LogP contribution in [-0.2, 0) is 9.59 Å². The van der Waals surface area contributed by atoms with Gasteiger partial charge in [0, 0.05) is 34.2 Å². The summed E-state index contributed by atoms with van der Waals surface area (Å²) in [6.45, 7) is 1.74. The molecule has 0 radical (unpaired) electrons. The van der Waals surface area contributed by atoms with Gasteiger partial charge in [-0.3, -0.25) is 19.4 Å². The van der Waals surface area contributed by atoms with Crippen LogP contribution in [0.25, 0.3) is 6.08 Å². The van der Waals surface area contributed by atoms with Gasteiger partial charge in [-0.05, 0) is 79.2 Å². The van der Waals surface area contributed by atoms with Crippen molar-refractivity contribution in [1.29, 1.82) is 0 Å². The highest BCUT2D eigenvalue weighted by molar-refractivity contribution is 8.00. The van der Waals surface area contributed by atoms with E-state index in [1.54, 1.807) is 80.0 Å². The molecule has 4 N–H and O–H groups in total. The first kappa shape index (κ1) is 28.8. The molecule has 3 aromatic carbocycles. The summed E-state index contributed by atoms with van der Waals surface area (Å²) in [7, 11) is 0. The SMILES string of the molecule is CC(Sc1cccc(NC(=O)/C(=C/c2cccnc2)NC(=O)c2ccccc2)c1)C(=O)Nc1ccc(C(=O)O)cc1. The van der Waals surface area contributed by atoms with Crippen LogP contribution in [0.2, 0.25) is 0 Å². The molecule has 1 atom stereocenters. The number of carboxylic acids is 1. The molecule has 0 aliphatic carbocycles. The van der Waals surface area contributed by atoms with Crippen molar-refractivity contribution in [3.8, 4) is 0 Å². The molecule has 41 heavy (non-hydrogen) atoms. The highest BCUT2D eigenvalue weighted by Gasteiger charge is 2.17. The van der Waals surface area contributed by atoms with E-state index >= 15 is 0 Å². The lowest BCUT2D eigenvalue weighted by Gasteiger charge is -2.14. The molecule has 1 heterocycles. The van der Waals surface area contributed by atoms with Crippen LogP contribution < -0.4 is 16.0 Å². The van der Waals surface area contributed by atoms with Crippen LogP contribution in [0.3, 0.4) is 0 Å². The van der Waals surface area contributed by atoms with Gasteiger partial charge >= 0.3 is 5.97 Å². The lowest BCUT2D eigenvalue weighted by molar-refractivity contribution is -0.115. The second-order valence-electron chi connectivity index (χ2n) is 8.78. The molecule has 10 heteroatoms. The number of rotatable bonds is 10. The summed E-state index contributed by atoms with van der Waals surface area (Å²) in [6.07, 6.45) is 4.72. The number of carbonyl (C=O) groups excluding carboxylic acids is 3. The summed E-state index contributed by atoms with van der Waals surface area (Å²) in [5.74, 6) is -2.27. The fourth-order valence-electron chi connectivity index (χ4n) is 3.61. The van der Waals surface area contributed by atoms with Gasteiger partial charge in [-0.2, -0.15) is 0 Å². The number of thioether (sulfide) groups is 1. The molecule has 0 fully saturated rings. The summed E-state index contributed by atoms with van der Waals surface area (Å²) in [5.41, 5.74) is 2.16. The van der Waals surface area contributed by atoms with Gasteiger partial charge in [-0.1, -0.05) is 30.3 Å². The largest absolute Gasteiger partial charge is 0.478 e. The van der Waals surface area contributed by atoms with Crippen LogP contribution >= 0.6 is 11.8 Å². The molecule has 0 aliphatic heterocycles. The second kappa shape index (κ2) is 13.7. The molecule has 0 spiro atoms. The second-order valence-corrected chi connectivity index (χ2v) is 10.2. The van der Waals surface area contributed by atoms with Crippen molar-refractivity contribution in [2.45, 2.75) is 17.1 Å². The van der Waals surface area contributed by atoms with Crippen molar-refractivity contribution in [3.05, 3.63) is 126 Å². The summed E-state index contributed by atoms with van der Waals surface area (Å²) in [5, 5.41) is 16.8. The Hall–Kier alpha value is -5.22. The minimum absolute atomic E-state index is 0.0339. The molecule has 0 aliphatic rings. The minimum Gasteiger partial charge on any atom is -0.478 e. The number of hydrogen-bond donors (Lipinski definition) is 4. The van der Waals surface area contributed by atoms with Crippen LogP contribution in [0.4, 0.5) is 11.4 Å². The molecule has 3 amide bonds. The van der Waals surface area contributed by atoms with Gasteiger partial charge in [-0.25, -0.2) is 4.79 Å². The number of carboxylic acid groups (broad SMARTS) is 1. The quantitative estimate of drug-likeness (QED) is 0.151. The molecule has 0 saturated heterocycles. The van der Waals surface area contributed by atoms with Crippen LogP contribution in [0.15, 0.2) is 114 Å². The summed E-state index contributed by atoms with van der Waals surface area (Å²) in [6, 6.07) is 25.0. The number of aromatic carboxylic acids is 1. The smallest absolute Gasteiger partial charge is 0.335 e. The fraction of sp³-hybridized carbons (Fsp3) is 0.0645. The molecular weight excluding hydrogens is 540 g/mol. The number of nitrogens with zero attached hydrogens (tertiary/aromatic N) is 1. The van der Waals surface area contributed by atoms with Gasteiger partial charge in [0.05, 0.1) is 10.8 Å². The van der Waals surface area contributed by atoms with Gasteiger partial charge in [0.25, 0.3) is 11.8 Å². The van der Waals surface area contributed by atoms with Crippen LogP contribution in [0, 0.1) is 0 Å². The van der Waals surface area contributed by atoms with E-state index in [1.807, 2.05) is 6.07 Å². The molecule has 1 unspecified atom stereocenters. The Morgan fingerprint density at radius 1 is 0.829 bits per heavy atom. The third-order valence-electron chi connectivity index (χ3n) is 5.70. The number of benzene rings is 3. The zero-order valence-corrected chi connectivity index (χ0v) is 22.7. The van der Waals surface area contributed by atoms with E-state index in [4.69, 9.17) is 5.11 Å². The predicted octanol–water partition coefficient (Wildman–Crippen LogP) is 5.31. The molecule has 1 aromatic heterocycles. The zero-order chi connectivity index (χ0) is 29.2. The van der Waals surface area contributed by atoms with Crippen LogP contribution in [0.1, 0.15) is 33.2 Å². The number of amides is 3.